The fourth-order valence-corrected chi connectivity index (χ4v) is 2.23. The van der Waals surface area contributed by atoms with Crippen molar-refractivity contribution in [1.29, 1.82) is 0 Å². The van der Waals surface area contributed by atoms with E-state index in [2.05, 4.69) is 0 Å². The molecule has 0 aliphatic heterocycles. The molecule has 0 radical (unpaired) electrons. The molecule has 3 nitrogen and oxygen atoms in total. The monoisotopic (exact) mass is 315 g/mol. The summed E-state index contributed by atoms with van der Waals surface area (Å²) >= 11 is 0. The number of nitrogens with one attached hydrogen (secondary N) is 1. The lowest BCUT2D eigenvalue weighted by Gasteiger charge is -2.07. The Bertz CT molecular complexity index is 767. The van der Waals surface area contributed by atoms with Crippen LogP contribution < -0.4 is 4.72 Å². The van der Waals surface area contributed by atoms with E-state index in [1.807, 2.05) is 36.4 Å². The highest BCUT2D eigenvalue weighted by Gasteiger charge is 2.45. The Labute approximate surface area is 120 Å². The van der Waals surface area contributed by atoms with Crippen LogP contribution in [0.25, 0.3) is 16.8 Å². The molecule has 0 bridgehead atoms. The molecule has 2 aromatic rings. The zero-order valence-corrected chi connectivity index (χ0v) is 11.6. The van der Waals surface area contributed by atoms with Crippen LogP contribution in [0.3, 0.4) is 0 Å². The molecular formula is C14H12F3NO2S. The first kappa shape index (κ1) is 15.5. The molecule has 0 saturated heterocycles. The summed E-state index contributed by atoms with van der Waals surface area (Å²) in [5.41, 5.74) is -4.51. The maximum Gasteiger partial charge on any atom is 0.511 e. The zero-order valence-electron chi connectivity index (χ0n) is 10.8. The van der Waals surface area contributed by atoms with E-state index in [0.717, 1.165) is 16.3 Å². The van der Waals surface area contributed by atoms with Crippen molar-refractivity contribution in [2.75, 3.05) is 6.54 Å². The summed E-state index contributed by atoms with van der Waals surface area (Å²) in [7, 11) is -5.29. The van der Waals surface area contributed by atoms with Gasteiger partial charge in [0, 0.05) is 6.54 Å². The number of fused-ring (bicyclic) bond motifs is 1. The number of alkyl halides is 3. The van der Waals surface area contributed by atoms with Gasteiger partial charge >= 0.3 is 15.5 Å². The van der Waals surface area contributed by atoms with Gasteiger partial charge < -0.3 is 0 Å². The molecule has 112 valence electrons. The maximum atomic E-state index is 12.1. The van der Waals surface area contributed by atoms with Crippen molar-refractivity contribution in [3.05, 3.63) is 54.1 Å². The molecule has 1 N–H and O–H groups in total. The maximum absolute atomic E-state index is 12.1. The van der Waals surface area contributed by atoms with Crippen LogP contribution in [0.1, 0.15) is 5.56 Å². The lowest BCUT2D eigenvalue weighted by atomic mass is 10.1. The number of sulfonamides is 1. The number of rotatable bonds is 4. The summed E-state index contributed by atoms with van der Waals surface area (Å²) in [5.74, 6) is 0. The number of benzene rings is 2. The molecule has 0 aliphatic rings. The van der Waals surface area contributed by atoms with Gasteiger partial charge in [-0.15, -0.1) is 0 Å². The first-order valence-electron chi connectivity index (χ1n) is 6.01. The van der Waals surface area contributed by atoms with E-state index in [-0.39, 0.29) is 0 Å². The summed E-state index contributed by atoms with van der Waals surface area (Å²) in [6.07, 6.45) is 2.89. The van der Waals surface area contributed by atoms with Gasteiger partial charge in [0.1, 0.15) is 0 Å². The van der Waals surface area contributed by atoms with E-state index in [4.69, 9.17) is 0 Å². The minimum atomic E-state index is -5.29. The second-order valence-electron chi connectivity index (χ2n) is 4.31. The van der Waals surface area contributed by atoms with Crippen LogP contribution in [0, 0.1) is 0 Å². The van der Waals surface area contributed by atoms with E-state index < -0.39 is 22.1 Å². The third-order valence-electron chi connectivity index (χ3n) is 2.78. The summed E-state index contributed by atoms with van der Waals surface area (Å²) in [4.78, 5) is 0. The van der Waals surface area contributed by atoms with Crippen LogP contribution in [0.2, 0.25) is 0 Å². The van der Waals surface area contributed by atoms with Gasteiger partial charge in [0.2, 0.25) is 0 Å². The van der Waals surface area contributed by atoms with Crippen molar-refractivity contribution < 1.29 is 21.6 Å². The Kier molecular flexibility index (Phi) is 4.34. The molecule has 0 unspecified atom stereocenters. The van der Waals surface area contributed by atoms with Gasteiger partial charge in [0.25, 0.3) is 0 Å². The minimum Gasteiger partial charge on any atom is -0.204 e. The molecule has 0 heterocycles. The quantitative estimate of drug-likeness (QED) is 0.941. The van der Waals surface area contributed by atoms with Crippen molar-refractivity contribution in [2.45, 2.75) is 5.51 Å². The third-order valence-corrected chi connectivity index (χ3v) is 3.94. The molecule has 0 aromatic heterocycles. The van der Waals surface area contributed by atoms with Crippen LogP contribution in [-0.4, -0.2) is 20.5 Å². The second kappa shape index (κ2) is 5.87. The van der Waals surface area contributed by atoms with E-state index in [0.29, 0.717) is 0 Å². The lowest BCUT2D eigenvalue weighted by Crippen LogP contribution is -2.36. The third kappa shape index (κ3) is 3.83. The summed E-state index contributed by atoms with van der Waals surface area (Å²) in [5, 5.41) is 2.04. The Balaban J connectivity index is 2.04. The van der Waals surface area contributed by atoms with E-state index >= 15 is 0 Å². The van der Waals surface area contributed by atoms with Crippen molar-refractivity contribution >= 4 is 26.9 Å². The van der Waals surface area contributed by atoms with Gasteiger partial charge in [-0.25, -0.2) is 13.1 Å². The fraction of sp³-hybridized carbons (Fsp3) is 0.143. The average Bonchev–Trinajstić information content (AvgIpc) is 2.42. The molecule has 2 rings (SSSR count). The van der Waals surface area contributed by atoms with Gasteiger partial charge in [-0.3, -0.25) is 0 Å². The van der Waals surface area contributed by atoms with E-state index in [9.17, 15) is 21.6 Å². The summed E-state index contributed by atoms with van der Waals surface area (Å²) in [6.45, 7) is -0.422. The largest absolute Gasteiger partial charge is 0.511 e. The minimum absolute atomic E-state index is 0.422. The smallest absolute Gasteiger partial charge is 0.204 e. The van der Waals surface area contributed by atoms with Crippen LogP contribution in [0.5, 0.6) is 0 Å². The van der Waals surface area contributed by atoms with E-state index in [1.165, 1.54) is 10.8 Å². The van der Waals surface area contributed by atoms with Crippen LogP contribution in [-0.2, 0) is 10.0 Å². The summed E-state index contributed by atoms with van der Waals surface area (Å²) < 4.78 is 59.3. The highest BCUT2D eigenvalue weighted by atomic mass is 32.2. The van der Waals surface area contributed by atoms with Crippen molar-refractivity contribution in [3.63, 3.8) is 0 Å². The van der Waals surface area contributed by atoms with Gasteiger partial charge in [-0.2, -0.15) is 13.2 Å². The number of halogens is 3. The number of hydrogen-bond donors (Lipinski definition) is 1. The Morgan fingerprint density at radius 1 is 1.05 bits per heavy atom. The molecule has 21 heavy (non-hydrogen) atoms. The first-order valence-corrected chi connectivity index (χ1v) is 7.49. The van der Waals surface area contributed by atoms with Gasteiger partial charge in [-0.05, 0) is 22.4 Å². The molecule has 0 spiro atoms. The van der Waals surface area contributed by atoms with E-state index in [1.54, 1.807) is 12.1 Å². The van der Waals surface area contributed by atoms with Gasteiger partial charge in [0.15, 0.2) is 0 Å². The SMILES string of the molecule is O=S(=O)(NC/C=C/c1ccc2ccccc2c1)C(F)(F)F. The second-order valence-corrected chi connectivity index (χ2v) is 6.07. The molecule has 0 fully saturated rings. The predicted molar refractivity (Wildman–Crippen MR) is 76.0 cm³/mol. The molecule has 0 saturated carbocycles. The van der Waals surface area contributed by atoms with Crippen LogP contribution in [0.15, 0.2) is 48.5 Å². The summed E-state index contributed by atoms with van der Waals surface area (Å²) in [6, 6.07) is 13.2. The molecule has 0 amide bonds. The fourth-order valence-electron chi connectivity index (χ4n) is 1.75. The Morgan fingerprint density at radius 3 is 2.38 bits per heavy atom. The number of hydrogen-bond acceptors (Lipinski definition) is 2. The van der Waals surface area contributed by atoms with Crippen molar-refractivity contribution in [1.82, 2.24) is 4.72 Å². The van der Waals surface area contributed by atoms with Crippen LogP contribution in [0.4, 0.5) is 13.2 Å². The standard InChI is InChI=1S/C14H12F3NO2S/c15-14(16,17)21(19,20)18-9-3-4-11-7-8-12-5-1-2-6-13(12)10-11/h1-8,10,18H,9H2/b4-3+. The van der Waals surface area contributed by atoms with Crippen molar-refractivity contribution in [3.8, 4) is 0 Å². The molecule has 0 atom stereocenters. The Morgan fingerprint density at radius 2 is 1.71 bits per heavy atom. The van der Waals surface area contributed by atoms with Crippen LogP contribution >= 0.6 is 0 Å². The average molecular weight is 315 g/mol. The normalized spacial score (nSPS) is 13.1. The van der Waals surface area contributed by atoms with Gasteiger partial charge in [0.05, 0.1) is 0 Å². The Hall–Kier alpha value is -1.86. The first-order chi connectivity index (χ1) is 9.79. The molecule has 7 heteroatoms. The highest BCUT2D eigenvalue weighted by molar-refractivity contribution is 7.90. The lowest BCUT2D eigenvalue weighted by molar-refractivity contribution is -0.0446. The highest BCUT2D eigenvalue weighted by Crippen LogP contribution is 2.21. The molecular weight excluding hydrogens is 303 g/mol. The molecule has 2 aromatic carbocycles. The molecule has 0 aliphatic carbocycles. The van der Waals surface area contributed by atoms with Crippen molar-refractivity contribution in [2.24, 2.45) is 0 Å². The zero-order chi connectivity index (χ0) is 15.5. The van der Waals surface area contributed by atoms with Gasteiger partial charge in [-0.1, -0.05) is 48.6 Å². The predicted octanol–water partition coefficient (Wildman–Crippen LogP) is 3.29. The topological polar surface area (TPSA) is 46.2 Å².